The van der Waals surface area contributed by atoms with E-state index in [2.05, 4.69) is 59.6 Å². The van der Waals surface area contributed by atoms with E-state index in [-0.39, 0.29) is 5.41 Å². The fourth-order valence-electron chi connectivity index (χ4n) is 3.58. The first kappa shape index (κ1) is 22.6. The first-order valence-electron chi connectivity index (χ1n) is 10.2. The van der Waals surface area contributed by atoms with Gasteiger partial charge in [-0.25, -0.2) is 8.42 Å². The Morgan fingerprint density at radius 2 is 1.37 bits per heavy atom. The maximum absolute atomic E-state index is 11.4. The van der Waals surface area contributed by atoms with Gasteiger partial charge < -0.3 is 9.80 Å². The number of hydrogen-bond donors (Lipinski definition) is 1. The number of nitrogens with zero attached hydrogens (tertiary/aromatic N) is 2. The molecule has 1 N–H and O–H groups in total. The molecule has 7 heteroatoms. The van der Waals surface area contributed by atoms with Crippen molar-refractivity contribution in [3.8, 4) is 0 Å². The number of benzene rings is 2. The van der Waals surface area contributed by atoms with Crippen LogP contribution in [0.3, 0.4) is 0 Å². The summed E-state index contributed by atoms with van der Waals surface area (Å²) in [6, 6.07) is 16.3. The van der Waals surface area contributed by atoms with Crippen molar-refractivity contribution in [1.82, 2.24) is 9.80 Å². The summed E-state index contributed by atoms with van der Waals surface area (Å²) in [5.41, 5.74) is 4.43. The molecule has 0 unspecified atom stereocenters. The molecule has 1 aliphatic rings. The maximum atomic E-state index is 11.4. The number of thiocarbonyl (C=S) groups is 1. The Balaban J connectivity index is 1.62. The summed E-state index contributed by atoms with van der Waals surface area (Å²) >= 11 is 5.79. The molecule has 0 atom stereocenters. The zero-order valence-corrected chi connectivity index (χ0v) is 19.8. The molecule has 0 amide bonds. The molecule has 0 spiro atoms. The summed E-state index contributed by atoms with van der Waals surface area (Å²) in [7, 11) is -3.26. The summed E-state index contributed by atoms with van der Waals surface area (Å²) in [6.07, 6.45) is 2.21. The third kappa shape index (κ3) is 6.19. The second-order valence-electron chi connectivity index (χ2n) is 9.00. The van der Waals surface area contributed by atoms with Gasteiger partial charge in [-0.05, 0) is 52.9 Å². The molecule has 2 aromatic carbocycles. The van der Waals surface area contributed by atoms with Crippen LogP contribution in [0.2, 0.25) is 0 Å². The minimum atomic E-state index is -3.26. The van der Waals surface area contributed by atoms with E-state index in [1.807, 2.05) is 12.1 Å². The Labute approximate surface area is 186 Å². The predicted octanol–water partition coefficient (Wildman–Crippen LogP) is 4.35. The van der Waals surface area contributed by atoms with Gasteiger partial charge in [0.2, 0.25) is 10.0 Å². The Morgan fingerprint density at radius 3 is 1.80 bits per heavy atom. The van der Waals surface area contributed by atoms with E-state index >= 15 is 0 Å². The van der Waals surface area contributed by atoms with Gasteiger partial charge in [-0.15, -0.1) is 0 Å². The van der Waals surface area contributed by atoms with Crippen molar-refractivity contribution in [2.45, 2.75) is 45.7 Å². The van der Waals surface area contributed by atoms with Gasteiger partial charge in [0.1, 0.15) is 0 Å². The Hall–Kier alpha value is -2.12. The van der Waals surface area contributed by atoms with Crippen LogP contribution in [0, 0.1) is 0 Å². The van der Waals surface area contributed by atoms with Crippen LogP contribution >= 0.6 is 12.2 Å². The zero-order chi connectivity index (χ0) is 21.9. The van der Waals surface area contributed by atoms with Crippen LogP contribution in [-0.4, -0.2) is 42.7 Å². The van der Waals surface area contributed by atoms with Crippen molar-refractivity contribution in [3.05, 3.63) is 65.2 Å². The van der Waals surface area contributed by atoms with E-state index in [0.29, 0.717) is 5.69 Å². The van der Waals surface area contributed by atoms with Gasteiger partial charge in [0.05, 0.1) is 6.26 Å². The van der Waals surface area contributed by atoms with Crippen LogP contribution in [0.5, 0.6) is 0 Å². The Kier molecular flexibility index (Phi) is 6.72. The lowest BCUT2D eigenvalue weighted by Crippen LogP contribution is -2.48. The highest BCUT2D eigenvalue weighted by Crippen LogP contribution is 2.23. The summed E-state index contributed by atoms with van der Waals surface area (Å²) in [5.74, 6) is 0. The first-order chi connectivity index (χ1) is 14.0. The van der Waals surface area contributed by atoms with Crippen LogP contribution in [0.1, 0.15) is 43.9 Å². The third-order valence-corrected chi connectivity index (χ3v) is 6.34. The molecular formula is C23H31N3O2S2. The van der Waals surface area contributed by atoms with Crippen molar-refractivity contribution in [2.75, 3.05) is 24.1 Å². The fourth-order valence-corrected chi connectivity index (χ4v) is 4.46. The summed E-state index contributed by atoms with van der Waals surface area (Å²) in [4.78, 5) is 4.49. The van der Waals surface area contributed by atoms with E-state index in [1.165, 1.54) is 11.1 Å². The number of sulfonamides is 1. The van der Waals surface area contributed by atoms with Gasteiger partial charge in [-0.2, -0.15) is 0 Å². The van der Waals surface area contributed by atoms with Crippen LogP contribution in [0.4, 0.5) is 5.69 Å². The molecule has 0 aromatic heterocycles. The minimum Gasteiger partial charge on any atom is -0.345 e. The van der Waals surface area contributed by atoms with E-state index < -0.39 is 10.0 Å². The highest BCUT2D eigenvalue weighted by molar-refractivity contribution is 7.92. The molecule has 0 radical (unpaired) electrons. The van der Waals surface area contributed by atoms with E-state index in [9.17, 15) is 8.42 Å². The molecule has 1 saturated heterocycles. The van der Waals surface area contributed by atoms with Crippen molar-refractivity contribution < 1.29 is 8.42 Å². The summed E-state index contributed by atoms with van der Waals surface area (Å²) in [6.45, 7) is 10.1. The van der Waals surface area contributed by atoms with Crippen molar-refractivity contribution >= 4 is 33.0 Å². The number of rotatable bonds is 6. The van der Waals surface area contributed by atoms with Gasteiger partial charge in [0.15, 0.2) is 5.11 Å². The summed E-state index contributed by atoms with van der Waals surface area (Å²) in [5, 5.41) is 0.875. The molecule has 5 nitrogen and oxygen atoms in total. The van der Waals surface area contributed by atoms with Gasteiger partial charge in [-0.1, -0.05) is 57.2 Å². The largest absolute Gasteiger partial charge is 0.345 e. The summed E-state index contributed by atoms with van der Waals surface area (Å²) < 4.78 is 25.2. The number of anilines is 1. The van der Waals surface area contributed by atoms with Crippen LogP contribution in [0.15, 0.2) is 48.5 Å². The molecule has 3 rings (SSSR count). The molecule has 162 valence electrons. The smallest absolute Gasteiger partial charge is 0.229 e. The van der Waals surface area contributed by atoms with Crippen LogP contribution in [0.25, 0.3) is 0 Å². The standard InChI is InChI=1S/C23H31N3O2S2/c1-23(2,3)20-10-6-18(7-11-20)16-25-14-5-15-26(22(25)29)17-19-8-12-21(13-9-19)24-30(4,27)28/h6-13,24H,5,14-17H2,1-4H3. The SMILES string of the molecule is CC(C)(C)c1ccc(CN2CCCN(Cc3ccc(NS(C)(=O)=O)cc3)C2=S)cc1. The van der Waals surface area contributed by atoms with E-state index in [4.69, 9.17) is 12.2 Å². The highest BCUT2D eigenvalue weighted by atomic mass is 32.2. The molecule has 1 fully saturated rings. The molecule has 0 saturated carbocycles. The van der Waals surface area contributed by atoms with Gasteiger partial charge in [0, 0.05) is 31.9 Å². The van der Waals surface area contributed by atoms with Gasteiger partial charge in [0.25, 0.3) is 0 Å². The molecule has 0 bridgehead atoms. The first-order valence-corrected chi connectivity index (χ1v) is 12.5. The molecule has 0 aliphatic carbocycles. The van der Waals surface area contributed by atoms with Crippen LogP contribution in [-0.2, 0) is 28.5 Å². The average molecular weight is 446 g/mol. The third-order valence-electron chi connectivity index (χ3n) is 5.22. The van der Waals surface area contributed by atoms with Crippen LogP contribution < -0.4 is 4.72 Å². The second-order valence-corrected chi connectivity index (χ2v) is 11.1. The van der Waals surface area contributed by atoms with E-state index in [0.717, 1.165) is 49.5 Å². The topological polar surface area (TPSA) is 52.6 Å². The minimum absolute atomic E-state index is 0.155. The number of hydrogen-bond acceptors (Lipinski definition) is 3. The fraction of sp³-hybridized carbons (Fsp3) is 0.435. The lowest BCUT2D eigenvalue weighted by atomic mass is 9.87. The molecule has 30 heavy (non-hydrogen) atoms. The zero-order valence-electron chi connectivity index (χ0n) is 18.2. The Morgan fingerprint density at radius 1 is 0.900 bits per heavy atom. The molecular weight excluding hydrogens is 414 g/mol. The average Bonchev–Trinajstić information content (AvgIpc) is 2.65. The highest BCUT2D eigenvalue weighted by Gasteiger charge is 2.22. The number of nitrogens with one attached hydrogen (secondary N) is 1. The van der Waals surface area contributed by atoms with Crippen molar-refractivity contribution in [1.29, 1.82) is 0 Å². The van der Waals surface area contributed by atoms with Gasteiger partial charge in [-0.3, -0.25) is 4.72 Å². The lowest BCUT2D eigenvalue weighted by molar-refractivity contribution is 0.257. The predicted molar refractivity (Wildman–Crippen MR) is 128 cm³/mol. The normalized spacial score (nSPS) is 15.4. The molecule has 1 heterocycles. The lowest BCUT2D eigenvalue weighted by Gasteiger charge is -2.38. The monoisotopic (exact) mass is 445 g/mol. The van der Waals surface area contributed by atoms with Crippen molar-refractivity contribution in [3.63, 3.8) is 0 Å². The quantitative estimate of drug-likeness (QED) is 0.670. The maximum Gasteiger partial charge on any atom is 0.229 e. The molecule has 2 aromatic rings. The van der Waals surface area contributed by atoms with E-state index in [1.54, 1.807) is 12.1 Å². The molecule has 1 aliphatic heterocycles. The van der Waals surface area contributed by atoms with Gasteiger partial charge >= 0.3 is 0 Å². The Bertz CT molecular complexity index is 979. The van der Waals surface area contributed by atoms with Crippen molar-refractivity contribution in [2.24, 2.45) is 0 Å². The second kappa shape index (κ2) is 8.94.